The lowest BCUT2D eigenvalue weighted by atomic mass is 9.91. The monoisotopic (exact) mass is 496 g/mol. The van der Waals surface area contributed by atoms with Crippen LogP contribution in [0.15, 0.2) is 42.6 Å². The number of hydrogen-bond acceptors (Lipinski definition) is 4. The van der Waals surface area contributed by atoms with Gasteiger partial charge in [-0.25, -0.2) is 4.98 Å². The Morgan fingerprint density at radius 2 is 1.57 bits per heavy atom. The molecule has 3 aliphatic rings. The zero-order valence-corrected chi connectivity index (χ0v) is 21.7. The first kappa shape index (κ1) is 24.1. The summed E-state index contributed by atoms with van der Waals surface area (Å²) >= 11 is 0. The number of ether oxygens (including phenoxy) is 1. The number of carbonyl (C=O) groups is 2. The molecule has 1 heterocycles. The maximum atomic E-state index is 13.1. The molecule has 192 valence electrons. The first-order chi connectivity index (χ1) is 18.1. The molecule has 3 aromatic rings. The number of esters is 1. The fourth-order valence-corrected chi connectivity index (χ4v) is 6.67. The molecule has 5 heteroatoms. The highest BCUT2D eigenvalue weighted by Crippen LogP contribution is 2.38. The summed E-state index contributed by atoms with van der Waals surface area (Å²) in [5.74, 6) is 1.86. The van der Waals surface area contributed by atoms with Crippen LogP contribution in [0.3, 0.4) is 0 Å². The van der Waals surface area contributed by atoms with Crippen molar-refractivity contribution in [1.82, 2.24) is 9.97 Å². The molecule has 1 aromatic heterocycles. The van der Waals surface area contributed by atoms with E-state index in [0.717, 1.165) is 72.3 Å². The molecular formula is C32H36N2O3. The molecule has 3 aliphatic carbocycles. The first-order valence-corrected chi connectivity index (χ1v) is 14.1. The highest BCUT2D eigenvalue weighted by Gasteiger charge is 2.29. The summed E-state index contributed by atoms with van der Waals surface area (Å²) in [6.07, 6.45) is 12.8. The lowest BCUT2D eigenvalue weighted by Crippen LogP contribution is -2.20. The number of carbonyl (C=O) groups excluding carboxylic acids is 2. The molecule has 1 unspecified atom stereocenters. The summed E-state index contributed by atoms with van der Waals surface area (Å²) in [6, 6.07) is 12.7. The standard InChI is InChI=1S/C32H36N2O3/c1-20-16-27-25(14-15-26(28(27)17-20)30(35)19-37-32(36)24-8-4-5-9-24)21-10-12-22(13-11-21)29-18-33-31(34-29)23-6-2-3-7-23/h10-15,18,20,23-24H,2-9,16-17,19H2,1H3,(H,33,34). The number of nitrogens with one attached hydrogen (secondary N) is 1. The van der Waals surface area contributed by atoms with Gasteiger partial charge in [-0.05, 0) is 72.3 Å². The number of aromatic amines is 1. The Labute approximate surface area is 219 Å². The van der Waals surface area contributed by atoms with Crippen LogP contribution < -0.4 is 0 Å². The Morgan fingerprint density at radius 3 is 2.32 bits per heavy atom. The molecule has 37 heavy (non-hydrogen) atoms. The number of nitrogens with zero attached hydrogens (tertiary/aromatic N) is 1. The average molecular weight is 497 g/mol. The van der Waals surface area contributed by atoms with Crippen molar-refractivity contribution in [2.45, 2.75) is 77.0 Å². The van der Waals surface area contributed by atoms with Gasteiger partial charge in [-0.1, -0.05) is 69.0 Å². The van der Waals surface area contributed by atoms with Gasteiger partial charge in [-0.15, -0.1) is 0 Å². The van der Waals surface area contributed by atoms with Crippen LogP contribution in [0.5, 0.6) is 0 Å². The number of hydrogen-bond donors (Lipinski definition) is 1. The topological polar surface area (TPSA) is 72.1 Å². The van der Waals surface area contributed by atoms with E-state index in [1.165, 1.54) is 36.8 Å². The lowest BCUT2D eigenvalue weighted by Gasteiger charge is -2.14. The van der Waals surface area contributed by atoms with E-state index in [4.69, 9.17) is 4.74 Å². The summed E-state index contributed by atoms with van der Waals surface area (Å²) in [7, 11) is 0. The molecule has 2 fully saturated rings. The van der Waals surface area contributed by atoms with E-state index in [1.54, 1.807) is 0 Å². The highest BCUT2D eigenvalue weighted by atomic mass is 16.5. The van der Waals surface area contributed by atoms with Crippen LogP contribution in [0.2, 0.25) is 0 Å². The molecule has 0 amide bonds. The van der Waals surface area contributed by atoms with Gasteiger partial charge in [0.2, 0.25) is 5.78 Å². The quantitative estimate of drug-likeness (QED) is 0.281. The second-order valence-corrected chi connectivity index (χ2v) is 11.4. The van der Waals surface area contributed by atoms with Gasteiger partial charge in [0.1, 0.15) is 5.82 Å². The van der Waals surface area contributed by atoms with Gasteiger partial charge in [0, 0.05) is 11.5 Å². The number of ketones is 1. The largest absolute Gasteiger partial charge is 0.457 e. The van der Waals surface area contributed by atoms with Gasteiger partial charge < -0.3 is 9.72 Å². The minimum Gasteiger partial charge on any atom is -0.457 e. The molecule has 1 atom stereocenters. The Bertz CT molecular complexity index is 1290. The minimum atomic E-state index is -0.208. The fraction of sp³-hybridized carbons (Fsp3) is 0.469. The number of fused-ring (bicyclic) bond motifs is 1. The molecule has 5 nitrogen and oxygen atoms in total. The van der Waals surface area contributed by atoms with Crippen LogP contribution >= 0.6 is 0 Å². The number of H-pyrrole nitrogens is 1. The van der Waals surface area contributed by atoms with Crippen molar-refractivity contribution < 1.29 is 14.3 Å². The second-order valence-electron chi connectivity index (χ2n) is 11.4. The van der Waals surface area contributed by atoms with Gasteiger partial charge in [-0.2, -0.15) is 0 Å². The lowest BCUT2D eigenvalue weighted by molar-refractivity contribution is -0.147. The normalized spacial score (nSPS) is 19.9. The van der Waals surface area contributed by atoms with Crippen molar-refractivity contribution in [2.24, 2.45) is 11.8 Å². The molecule has 1 N–H and O–H groups in total. The molecule has 0 spiro atoms. The first-order valence-electron chi connectivity index (χ1n) is 14.1. The van der Waals surface area contributed by atoms with Gasteiger partial charge >= 0.3 is 5.97 Å². The van der Waals surface area contributed by atoms with Crippen molar-refractivity contribution in [3.8, 4) is 22.4 Å². The van der Waals surface area contributed by atoms with Crippen molar-refractivity contribution in [3.63, 3.8) is 0 Å². The SMILES string of the molecule is CC1Cc2c(C(=O)COC(=O)C3CCCC3)ccc(-c3ccc(-c4cnc(C5CCCC5)[nH]4)cc3)c2C1. The van der Waals surface area contributed by atoms with Crippen LogP contribution in [0.1, 0.15) is 91.5 Å². The van der Waals surface area contributed by atoms with Crippen LogP contribution in [0.4, 0.5) is 0 Å². The summed E-state index contributed by atoms with van der Waals surface area (Å²) in [5.41, 5.74) is 7.68. The summed E-state index contributed by atoms with van der Waals surface area (Å²) in [4.78, 5) is 33.6. The van der Waals surface area contributed by atoms with Crippen LogP contribution in [0, 0.1) is 11.8 Å². The van der Waals surface area contributed by atoms with E-state index in [9.17, 15) is 9.59 Å². The molecule has 0 aliphatic heterocycles. The third-order valence-corrected chi connectivity index (χ3v) is 8.72. The molecule has 0 saturated heterocycles. The van der Waals surface area contributed by atoms with E-state index < -0.39 is 0 Å². The maximum Gasteiger partial charge on any atom is 0.309 e. The Hall–Kier alpha value is -3.21. The Morgan fingerprint density at radius 1 is 0.892 bits per heavy atom. The average Bonchev–Trinajstić information content (AvgIpc) is 3.73. The van der Waals surface area contributed by atoms with Crippen molar-refractivity contribution in [1.29, 1.82) is 0 Å². The van der Waals surface area contributed by atoms with E-state index in [0.29, 0.717) is 11.8 Å². The summed E-state index contributed by atoms with van der Waals surface area (Å²) in [6.45, 7) is 2.08. The van der Waals surface area contributed by atoms with E-state index >= 15 is 0 Å². The van der Waals surface area contributed by atoms with E-state index in [2.05, 4.69) is 47.2 Å². The minimum absolute atomic E-state index is 0.0278. The number of imidazole rings is 1. The number of Topliss-reactive ketones (excluding diaryl/α,β-unsaturated/α-hetero) is 1. The van der Waals surface area contributed by atoms with Crippen LogP contribution in [-0.4, -0.2) is 28.3 Å². The molecule has 2 saturated carbocycles. The predicted molar refractivity (Wildman–Crippen MR) is 144 cm³/mol. The number of aromatic nitrogens is 2. The van der Waals surface area contributed by atoms with Crippen molar-refractivity contribution in [3.05, 3.63) is 65.1 Å². The van der Waals surface area contributed by atoms with Crippen molar-refractivity contribution in [2.75, 3.05) is 6.61 Å². The van der Waals surface area contributed by atoms with E-state index in [1.807, 2.05) is 12.3 Å². The molecular weight excluding hydrogens is 460 g/mol. The van der Waals surface area contributed by atoms with Gasteiger partial charge in [0.05, 0.1) is 17.8 Å². The highest BCUT2D eigenvalue weighted by molar-refractivity contribution is 6.00. The van der Waals surface area contributed by atoms with Crippen LogP contribution in [-0.2, 0) is 22.4 Å². The summed E-state index contributed by atoms with van der Waals surface area (Å²) in [5, 5.41) is 0. The Kier molecular flexibility index (Phi) is 6.71. The predicted octanol–water partition coefficient (Wildman–Crippen LogP) is 7.05. The number of rotatable bonds is 7. The fourth-order valence-electron chi connectivity index (χ4n) is 6.67. The smallest absolute Gasteiger partial charge is 0.309 e. The molecule has 2 aromatic carbocycles. The third-order valence-electron chi connectivity index (χ3n) is 8.72. The van der Waals surface area contributed by atoms with Gasteiger partial charge in [-0.3, -0.25) is 9.59 Å². The van der Waals surface area contributed by atoms with Gasteiger partial charge in [0.25, 0.3) is 0 Å². The summed E-state index contributed by atoms with van der Waals surface area (Å²) < 4.78 is 5.44. The molecule has 0 bridgehead atoms. The molecule has 0 radical (unpaired) electrons. The number of benzene rings is 2. The van der Waals surface area contributed by atoms with E-state index in [-0.39, 0.29) is 24.3 Å². The molecule has 6 rings (SSSR count). The third kappa shape index (κ3) is 4.88. The van der Waals surface area contributed by atoms with Crippen molar-refractivity contribution >= 4 is 11.8 Å². The van der Waals surface area contributed by atoms with Gasteiger partial charge in [0.15, 0.2) is 6.61 Å². The van der Waals surface area contributed by atoms with Crippen LogP contribution in [0.25, 0.3) is 22.4 Å². The Balaban J connectivity index is 1.20. The maximum absolute atomic E-state index is 13.1. The zero-order chi connectivity index (χ0) is 25.4. The zero-order valence-electron chi connectivity index (χ0n) is 21.7. The second kappa shape index (κ2) is 10.3.